The van der Waals surface area contributed by atoms with Gasteiger partial charge in [0.05, 0.1) is 0 Å². The van der Waals surface area contributed by atoms with Gasteiger partial charge in [0.25, 0.3) is 0 Å². The molecule has 0 spiro atoms. The highest BCUT2D eigenvalue weighted by molar-refractivity contribution is 5.88. The van der Waals surface area contributed by atoms with Crippen molar-refractivity contribution >= 4 is 11.9 Å². The van der Waals surface area contributed by atoms with Crippen molar-refractivity contribution in [3.8, 4) is 11.5 Å². The van der Waals surface area contributed by atoms with Gasteiger partial charge in [-0.25, -0.2) is 0 Å². The van der Waals surface area contributed by atoms with Crippen LogP contribution in [0.25, 0.3) is 11.5 Å². The number of carbonyl (C=O) groups is 1. The molecule has 0 aliphatic heterocycles. The van der Waals surface area contributed by atoms with Crippen molar-refractivity contribution in [3.63, 3.8) is 0 Å². The summed E-state index contributed by atoms with van der Waals surface area (Å²) in [6, 6.07) is 7.92. The Hall–Kier alpha value is -2.17. The van der Waals surface area contributed by atoms with Gasteiger partial charge >= 0.3 is 6.01 Å². The Morgan fingerprint density at radius 3 is 2.95 bits per heavy atom. The van der Waals surface area contributed by atoms with Crippen LogP contribution >= 0.6 is 0 Å². The van der Waals surface area contributed by atoms with Gasteiger partial charge in [0.1, 0.15) is 0 Å². The van der Waals surface area contributed by atoms with Crippen LogP contribution in [0.2, 0.25) is 0 Å². The predicted molar refractivity (Wildman–Crippen MR) is 72.6 cm³/mol. The van der Waals surface area contributed by atoms with Crippen molar-refractivity contribution in [3.05, 3.63) is 29.8 Å². The van der Waals surface area contributed by atoms with Crippen LogP contribution in [0, 0.1) is 6.92 Å². The van der Waals surface area contributed by atoms with Crippen LogP contribution in [0.5, 0.6) is 0 Å². The van der Waals surface area contributed by atoms with Crippen molar-refractivity contribution in [1.29, 1.82) is 0 Å². The number of carbonyl (C=O) groups excluding carboxylic acids is 1. The molecule has 100 valence electrons. The van der Waals surface area contributed by atoms with E-state index in [4.69, 9.17) is 4.42 Å². The number of nitrogens with one attached hydrogen (secondary N) is 1. The summed E-state index contributed by atoms with van der Waals surface area (Å²) in [7, 11) is 0. The maximum Gasteiger partial charge on any atom is 0.322 e. The fraction of sp³-hybridized carbons (Fsp3) is 0.357. The number of aromatic nitrogens is 2. The number of anilines is 1. The van der Waals surface area contributed by atoms with Gasteiger partial charge in [-0.15, -0.1) is 5.10 Å². The zero-order valence-electron chi connectivity index (χ0n) is 11.1. The van der Waals surface area contributed by atoms with Crippen LogP contribution in [0.3, 0.4) is 0 Å². The number of hydrogen-bond acceptors (Lipinski definition) is 4. The Balaban J connectivity index is 2.05. The standard InChI is InChI=1S/C14H17N3O2/c1-3-4-8-12(18)15-14-17-16-13(19-14)11-7-5-6-10(2)9-11/h5-7,9H,3-4,8H2,1-2H3,(H,15,17,18). The Labute approximate surface area is 112 Å². The maximum absolute atomic E-state index is 11.5. The van der Waals surface area contributed by atoms with Crippen molar-refractivity contribution in [1.82, 2.24) is 10.2 Å². The monoisotopic (exact) mass is 259 g/mol. The average molecular weight is 259 g/mol. The first-order valence-electron chi connectivity index (χ1n) is 6.39. The van der Waals surface area contributed by atoms with Crippen molar-refractivity contribution in [2.24, 2.45) is 0 Å². The molecule has 5 nitrogen and oxygen atoms in total. The minimum absolute atomic E-state index is 0.0960. The Bertz CT molecular complexity index is 563. The molecule has 2 rings (SSSR count). The molecule has 0 aliphatic rings. The molecule has 1 N–H and O–H groups in total. The number of rotatable bonds is 5. The minimum atomic E-state index is -0.0960. The highest BCUT2D eigenvalue weighted by Gasteiger charge is 2.10. The molecule has 19 heavy (non-hydrogen) atoms. The summed E-state index contributed by atoms with van der Waals surface area (Å²) in [5.74, 6) is 0.316. The third-order valence-electron chi connectivity index (χ3n) is 2.69. The van der Waals surface area contributed by atoms with E-state index in [9.17, 15) is 4.79 Å². The summed E-state index contributed by atoms with van der Waals surface area (Å²) in [4.78, 5) is 11.5. The first-order valence-corrected chi connectivity index (χ1v) is 6.39. The van der Waals surface area contributed by atoms with Crippen LogP contribution in [-0.4, -0.2) is 16.1 Å². The fourth-order valence-electron chi connectivity index (χ4n) is 1.69. The zero-order chi connectivity index (χ0) is 13.7. The van der Waals surface area contributed by atoms with E-state index in [0.29, 0.717) is 12.3 Å². The third-order valence-corrected chi connectivity index (χ3v) is 2.69. The lowest BCUT2D eigenvalue weighted by Crippen LogP contribution is -2.11. The van der Waals surface area contributed by atoms with Crippen LogP contribution < -0.4 is 5.32 Å². The van der Waals surface area contributed by atoms with Gasteiger partial charge in [-0.05, 0) is 25.5 Å². The third kappa shape index (κ3) is 3.64. The van der Waals surface area contributed by atoms with E-state index in [1.807, 2.05) is 38.1 Å². The maximum atomic E-state index is 11.5. The second kappa shape index (κ2) is 6.13. The molecule has 0 fully saturated rings. The molecule has 0 radical (unpaired) electrons. The second-order valence-electron chi connectivity index (χ2n) is 4.43. The molecule has 0 saturated carbocycles. The van der Waals surface area contributed by atoms with E-state index in [-0.39, 0.29) is 11.9 Å². The minimum Gasteiger partial charge on any atom is -0.403 e. The second-order valence-corrected chi connectivity index (χ2v) is 4.43. The summed E-state index contributed by atoms with van der Waals surface area (Å²) >= 11 is 0. The molecular formula is C14H17N3O2. The lowest BCUT2D eigenvalue weighted by Gasteiger charge is -1.98. The lowest BCUT2D eigenvalue weighted by atomic mass is 10.1. The molecular weight excluding hydrogens is 242 g/mol. The topological polar surface area (TPSA) is 68.0 Å². The summed E-state index contributed by atoms with van der Waals surface area (Å²) < 4.78 is 5.42. The Morgan fingerprint density at radius 1 is 1.37 bits per heavy atom. The van der Waals surface area contributed by atoms with Crippen molar-refractivity contribution in [2.75, 3.05) is 5.32 Å². The molecule has 0 saturated heterocycles. The normalized spacial score (nSPS) is 10.4. The first kappa shape index (κ1) is 13.3. The molecule has 0 unspecified atom stereocenters. The van der Waals surface area contributed by atoms with E-state index in [1.54, 1.807) is 0 Å². The molecule has 1 aromatic carbocycles. The van der Waals surface area contributed by atoms with E-state index in [2.05, 4.69) is 15.5 Å². The largest absolute Gasteiger partial charge is 0.403 e. The molecule has 0 atom stereocenters. The average Bonchev–Trinajstić information content (AvgIpc) is 2.85. The zero-order valence-corrected chi connectivity index (χ0v) is 11.1. The highest BCUT2D eigenvalue weighted by Crippen LogP contribution is 2.20. The number of unbranched alkanes of at least 4 members (excludes halogenated alkanes) is 1. The van der Waals surface area contributed by atoms with Crippen LogP contribution in [0.15, 0.2) is 28.7 Å². The van der Waals surface area contributed by atoms with E-state index in [1.165, 1.54) is 0 Å². The van der Waals surface area contributed by atoms with Gasteiger partial charge in [-0.3, -0.25) is 10.1 Å². The Kier molecular flexibility index (Phi) is 4.28. The number of hydrogen-bond donors (Lipinski definition) is 1. The number of aryl methyl sites for hydroxylation is 1. The van der Waals surface area contributed by atoms with Gasteiger partial charge in [0.2, 0.25) is 11.8 Å². The quantitative estimate of drug-likeness (QED) is 0.895. The summed E-state index contributed by atoms with van der Waals surface area (Å²) in [5.41, 5.74) is 1.96. The molecule has 0 aliphatic carbocycles. The molecule has 1 amide bonds. The lowest BCUT2D eigenvalue weighted by molar-refractivity contribution is -0.116. The molecule has 1 aromatic heterocycles. The van der Waals surface area contributed by atoms with Gasteiger partial charge in [-0.2, -0.15) is 0 Å². The molecule has 1 heterocycles. The smallest absolute Gasteiger partial charge is 0.322 e. The predicted octanol–water partition coefficient (Wildman–Crippen LogP) is 3.17. The van der Waals surface area contributed by atoms with E-state index in [0.717, 1.165) is 24.0 Å². The van der Waals surface area contributed by atoms with Crippen LogP contribution in [0.1, 0.15) is 31.7 Å². The van der Waals surface area contributed by atoms with Crippen molar-refractivity contribution < 1.29 is 9.21 Å². The van der Waals surface area contributed by atoms with Crippen molar-refractivity contribution in [2.45, 2.75) is 33.1 Å². The summed E-state index contributed by atoms with van der Waals surface area (Å²) in [6.45, 7) is 4.03. The first-order chi connectivity index (χ1) is 9.19. The molecule has 0 bridgehead atoms. The van der Waals surface area contributed by atoms with Crippen LogP contribution in [-0.2, 0) is 4.79 Å². The highest BCUT2D eigenvalue weighted by atomic mass is 16.4. The summed E-state index contributed by atoms with van der Waals surface area (Å²) in [5, 5.41) is 10.4. The van der Waals surface area contributed by atoms with Gasteiger partial charge in [0, 0.05) is 12.0 Å². The SMILES string of the molecule is CCCCC(=O)Nc1nnc(-c2cccc(C)c2)o1. The summed E-state index contributed by atoms with van der Waals surface area (Å²) in [6.07, 6.45) is 2.30. The van der Waals surface area contributed by atoms with E-state index >= 15 is 0 Å². The number of nitrogens with zero attached hydrogens (tertiary/aromatic N) is 2. The van der Waals surface area contributed by atoms with Gasteiger partial charge in [-0.1, -0.05) is 36.1 Å². The Morgan fingerprint density at radius 2 is 2.21 bits per heavy atom. The number of benzene rings is 1. The molecule has 5 heteroatoms. The van der Waals surface area contributed by atoms with Crippen LogP contribution in [0.4, 0.5) is 6.01 Å². The number of amides is 1. The van der Waals surface area contributed by atoms with Gasteiger partial charge < -0.3 is 4.42 Å². The van der Waals surface area contributed by atoms with E-state index < -0.39 is 0 Å². The van der Waals surface area contributed by atoms with Gasteiger partial charge in [0.15, 0.2) is 0 Å². The molecule has 2 aromatic rings. The fourth-order valence-corrected chi connectivity index (χ4v) is 1.69.